The van der Waals surface area contributed by atoms with Crippen molar-refractivity contribution in [1.29, 1.82) is 0 Å². The van der Waals surface area contributed by atoms with Crippen molar-refractivity contribution in [2.24, 2.45) is 23.2 Å². The fourth-order valence-electron chi connectivity index (χ4n) is 6.44. The van der Waals surface area contributed by atoms with Crippen LogP contribution in [0.4, 0.5) is 0 Å². The molecule has 0 aromatic rings. The highest BCUT2D eigenvalue weighted by atomic mass is 32.2. The van der Waals surface area contributed by atoms with Crippen molar-refractivity contribution in [3.63, 3.8) is 0 Å². The van der Waals surface area contributed by atoms with Gasteiger partial charge < -0.3 is 15.0 Å². The summed E-state index contributed by atoms with van der Waals surface area (Å²) >= 11 is 6.69. The summed E-state index contributed by atoms with van der Waals surface area (Å²) in [7, 11) is 0. The van der Waals surface area contributed by atoms with Crippen LogP contribution in [0.15, 0.2) is 0 Å². The lowest BCUT2D eigenvalue weighted by molar-refractivity contribution is -0.147. The van der Waals surface area contributed by atoms with Gasteiger partial charge in [-0.2, -0.15) is 0 Å². The van der Waals surface area contributed by atoms with Gasteiger partial charge in [0.2, 0.25) is 0 Å². The molecule has 0 unspecified atom stereocenters. The van der Waals surface area contributed by atoms with Crippen molar-refractivity contribution in [3.8, 4) is 0 Å². The third kappa shape index (κ3) is 4.50. The molecule has 1 N–H and O–H groups in total. The van der Waals surface area contributed by atoms with E-state index >= 15 is 0 Å². The van der Waals surface area contributed by atoms with Crippen molar-refractivity contribution in [2.45, 2.75) is 64.3 Å². The monoisotopic (exact) mass is 424 g/mol. The number of carbonyl (C=O) groups excluding carboxylic acids is 2. The molecular formula is C21H32N2O3S2. The summed E-state index contributed by atoms with van der Waals surface area (Å²) in [6.07, 6.45) is 10.3. The lowest BCUT2D eigenvalue weighted by Gasteiger charge is -2.59. The van der Waals surface area contributed by atoms with Crippen LogP contribution < -0.4 is 5.32 Å². The fraction of sp³-hybridized carbons (Fsp3) is 0.857. The van der Waals surface area contributed by atoms with Crippen LogP contribution in [-0.2, 0) is 14.3 Å². The zero-order chi connectivity index (χ0) is 19.7. The Bertz CT molecular complexity index is 598. The Labute approximate surface area is 177 Å². The van der Waals surface area contributed by atoms with E-state index in [1.54, 1.807) is 0 Å². The maximum Gasteiger partial charge on any atom is 0.316 e. The minimum atomic E-state index is -0.371. The molecule has 0 radical (unpaired) electrons. The van der Waals surface area contributed by atoms with Crippen LogP contribution in [0.3, 0.4) is 0 Å². The molecule has 1 aliphatic heterocycles. The van der Waals surface area contributed by atoms with Crippen LogP contribution in [0.5, 0.6) is 0 Å². The number of thioether (sulfide) groups is 1. The number of likely N-dealkylation sites (tertiary alicyclic amines) is 1. The predicted molar refractivity (Wildman–Crippen MR) is 115 cm³/mol. The van der Waals surface area contributed by atoms with Crippen LogP contribution in [0.25, 0.3) is 0 Å². The average Bonchev–Trinajstić information content (AvgIpc) is 3.18. The first-order valence-electron chi connectivity index (χ1n) is 10.8. The van der Waals surface area contributed by atoms with Gasteiger partial charge in [0.25, 0.3) is 5.91 Å². The van der Waals surface area contributed by atoms with E-state index < -0.39 is 0 Å². The number of ether oxygens (including phenoxy) is 1. The molecule has 0 aromatic heterocycles. The van der Waals surface area contributed by atoms with Crippen molar-refractivity contribution in [3.05, 3.63) is 0 Å². The third-order valence-corrected chi connectivity index (χ3v) is 8.92. The van der Waals surface area contributed by atoms with Crippen molar-refractivity contribution >= 4 is 40.2 Å². The van der Waals surface area contributed by atoms with Crippen LogP contribution in [0.2, 0.25) is 0 Å². The minimum absolute atomic E-state index is 0.157. The van der Waals surface area contributed by atoms with Crippen LogP contribution in [0.1, 0.15) is 58.3 Å². The highest BCUT2D eigenvalue weighted by Gasteiger charge is 2.53. The minimum Gasteiger partial charge on any atom is -0.455 e. The van der Waals surface area contributed by atoms with Gasteiger partial charge >= 0.3 is 5.97 Å². The number of nitrogens with zero attached hydrogens (tertiary/aromatic N) is 1. The summed E-state index contributed by atoms with van der Waals surface area (Å²) in [5.41, 5.74) is 0.270. The molecule has 0 spiro atoms. The molecule has 4 aliphatic carbocycles. The maximum absolute atomic E-state index is 12.4. The lowest BCUT2D eigenvalue weighted by Crippen LogP contribution is -2.56. The number of carbonyl (C=O) groups is 2. The van der Waals surface area contributed by atoms with E-state index in [1.807, 2.05) is 0 Å². The maximum atomic E-state index is 12.4. The quantitative estimate of drug-likeness (QED) is 0.521. The molecule has 28 heavy (non-hydrogen) atoms. The second-order valence-corrected chi connectivity index (χ2v) is 11.1. The predicted octanol–water partition coefficient (Wildman–Crippen LogP) is 3.36. The van der Waals surface area contributed by atoms with Gasteiger partial charge in [-0.25, -0.2) is 0 Å². The Balaban J connectivity index is 1.18. The molecular weight excluding hydrogens is 392 g/mol. The van der Waals surface area contributed by atoms with Crippen molar-refractivity contribution in [1.82, 2.24) is 10.2 Å². The van der Waals surface area contributed by atoms with E-state index in [1.165, 1.54) is 50.3 Å². The molecule has 5 fully saturated rings. The molecule has 7 heteroatoms. The molecule has 0 aromatic carbocycles. The van der Waals surface area contributed by atoms with Crippen LogP contribution in [-0.4, -0.2) is 52.6 Å². The Morgan fingerprint density at radius 3 is 2.29 bits per heavy atom. The number of hydrogen-bond acceptors (Lipinski definition) is 5. The molecule has 4 saturated carbocycles. The summed E-state index contributed by atoms with van der Waals surface area (Å²) in [5, 5.41) is 3.14. The van der Waals surface area contributed by atoms with Crippen molar-refractivity contribution < 1.29 is 14.3 Å². The second-order valence-electron chi connectivity index (χ2n) is 9.48. The van der Waals surface area contributed by atoms with Crippen molar-refractivity contribution in [2.75, 3.05) is 25.4 Å². The Kier molecular flexibility index (Phi) is 6.21. The number of hydrogen-bond donors (Lipinski definition) is 1. The first-order chi connectivity index (χ1) is 13.4. The Hall–Kier alpha value is -0.820. The zero-order valence-corrected chi connectivity index (χ0v) is 18.4. The number of amides is 1. The van der Waals surface area contributed by atoms with Gasteiger partial charge in [0, 0.05) is 19.1 Å². The Morgan fingerprint density at radius 1 is 1.14 bits per heavy atom. The number of thiocarbonyl (C=S) groups is 1. The fourth-order valence-corrected chi connectivity index (χ4v) is 7.49. The molecule has 1 atom stereocenters. The number of rotatable bonds is 6. The summed E-state index contributed by atoms with van der Waals surface area (Å²) in [6.45, 7) is 3.92. The molecule has 4 bridgehead atoms. The topological polar surface area (TPSA) is 58.6 Å². The van der Waals surface area contributed by atoms with Gasteiger partial charge in [-0.3, -0.25) is 9.59 Å². The first kappa shape index (κ1) is 20.5. The highest BCUT2D eigenvalue weighted by Crippen LogP contribution is 2.61. The van der Waals surface area contributed by atoms with E-state index in [0.29, 0.717) is 0 Å². The molecule has 1 saturated heterocycles. The highest BCUT2D eigenvalue weighted by molar-refractivity contribution is 8.23. The van der Waals surface area contributed by atoms with E-state index in [4.69, 9.17) is 17.0 Å². The van der Waals surface area contributed by atoms with E-state index in [2.05, 4.69) is 17.1 Å². The van der Waals surface area contributed by atoms with Crippen LogP contribution in [0, 0.1) is 23.2 Å². The Morgan fingerprint density at radius 2 is 1.71 bits per heavy atom. The van der Waals surface area contributed by atoms with E-state index in [9.17, 15) is 9.59 Å². The van der Waals surface area contributed by atoms with Gasteiger partial charge in [-0.15, -0.1) is 0 Å². The smallest absolute Gasteiger partial charge is 0.316 e. The van der Waals surface area contributed by atoms with Gasteiger partial charge in [0.05, 0.1) is 5.75 Å². The molecule has 1 heterocycles. The average molecular weight is 425 g/mol. The largest absolute Gasteiger partial charge is 0.455 e. The zero-order valence-electron chi connectivity index (χ0n) is 16.8. The van der Waals surface area contributed by atoms with Gasteiger partial charge in [-0.1, -0.05) is 24.0 Å². The molecule has 5 aliphatic rings. The molecule has 156 valence electrons. The summed E-state index contributed by atoms with van der Waals surface area (Å²) < 4.78 is 5.95. The molecule has 5 rings (SSSR count). The SMILES string of the molecule is C[C@H](NC(=O)COC(=O)CSC(=S)N1CCCC1)C12CC3CC(CC(C3)C1)C2. The standard InChI is InChI=1S/C21H32N2O3S2/c1-14(21-9-15-6-16(10-21)8-17(7-15)11-21)22-18(24)12-26-19(25)13-28-20(27)23-4-2-3-5-23/h14-17H,2-13H2,1H3,(H,22,24)/t14-,15?,16?,17?,21?/m0/s1. The summed E-state index contributed by atoms with van der Waals surface area (Å²) in [5.74, 6) is 2.21. The van der Waals surface area contributed by atoms with Crippen LogP contribution >= 0.6 is 24.0 Å². The van der Waals surface area contributed by atoms with Gasteiger partial charge in [0.1, 0.15) is 4.32 Å². The first-order valence-corrected chi connectivity index (χ1v) is 12.2. The van der Waals surface area contributed by atoms with E-state index in [-0.39, 0.29) is 35.7 Å². The second kappa shape index (κ2) is 8.50. The third-order valence-electron chi connectivity index (χ3n) is 7.42. The van der Waals surface area contributed by atoms with Gasteiger partial charge in [-0.05, 0) is 81.5 Å². The lowest BCUT2D eigenvalue weighted by atomic mass is 9.48. The summed E-state index contributed by atoms with van der Waals surface area (Å²) in [6, 6.07) is 0.157. The van der Waals surface area contributed by atoms with E-state index in [0.717, 1.165) is 48.0 Å². The normalized spacial score (nSPS) is 34.3. The number of nitrogens with one attached hydrogen (secondary N) is 1. The summed E-state index contributed by atoms with van der Waals surface area (Å²) in [4.78, 5) is 26.5. The number of esters is 1. The molecule has 1 amide bonds. The molecule has 5 nitrogen and oxygen atoms in total. The van der Waals surface area contributed by atoms with Gasteiger partial charge in [0.15, 0.2) is 6.61 Å².